The molecule has 0 radical (unpaired) electrons. The van der Waals surface area contributed by atoms with E-state index in [1.165, 1.54) is 12.1 Å². The van der Waals surface area contributed by atoms with Crippen LogP contribution in [-0.2, 0) is 17.4 Å². The Labute approximate surface area is 116 Å². The monoisotopic (exact) mass is 300 g/mol. The predicted octanol–water partition coefficient (Wildman–Crippen LogP) is 2.43. The lowest BCUT2D eigenvalue weighted by molar-refractivity contribution is -0.304. The van der Waals surface area contributed by atoms with Gasteiger partial charge in [0, 0.05) is 22.8 Å². The molecule has 1 aromatic carbocycles. The number of thiazole rings is 1. The number of benzene rings is 1. The molecule has 2 aromatic rings. The number of aromatic nitrogens is 1. The minimum Gasteiger partial charge on any atom is -0.550 e. The summed E-state index contributed by atoms with van der Waals surface area (Å²) in [6, 6.07) is 4.60. The maximum absolute atomic E-state index is 12.4. The van der Waals surface area contributed by atoms with Crippen molar-refractivity contribution in [2.24, 2.45) is 0 Å². The molecule has 20 heavy (non-hydrogen) atoms. The fourth-order valence-corrected chi connectivity index (χ4v) is 2.70. The molecule has 2 rings (SSSR count). The number of halogens is 3. The molecule has 0 saturated heterocycles. The lowest BCUT2D eigenvalue weighted by Gasteiger charge is -2.06. The van der Waals surface area contributed by atoms with Crippen LogP contribution < -0.4 is 5.11 Å². The van der Waals surface area contributed by atoms with Crippen LogP contribution in [0.25, 0.3) is 10.6 Å². The molecule has 0 saturated carbocycles. The van der Waals surface area contributed by atoms with Gasteiger partial charge in [0.15, 0.2) is 0 Å². The molecule has 106 valence electrons. The van der Waals surface area contributed by atoms with Crippen molar-refractivity contribution < 1.29 is 23.1 Å². The molecule has 0 N–H and O–H groups in total. The van der Waals surface area contributed by atoms with Gasteiger partial charge in [0.2, 0.25) is 0 Å². The fraction of sp³-hybridized carbons (Fsp3) is 0.231. The molecule has 0 aliphatic rings. The van der Waals surface area contributed by atoms with Crippen molar-refractivity contribution in [3.8, 4) is 10.6 Å². The number of carboxylic acid groups (broad SMARTS) is 1. The van der Waals surface area contributed by atoms with Crippen LogP contribution in [0.3, 0.4) is 0 Å². The maximum Gasteiger partial charge on any atom is 0.416 e. The highest BCUT2D eigenvalue weighted by atomic mass is 32.1. The summed E-state index contributed by atoms with van der Waals surface area (Å²) in [5.41, 5.74) is 0.342. The lowest BCUT2D eigenvalue weighted by atomic mass is 10.1. The second kappa shape index (κ2) is 5.24. The van der Waals surface area contributed by atoms with E-state index >= 15 is 0 Å². The quantitative estimate of drug-likeness (QED) is 0.875. The number of nitrogens with zero attached hydrogens (tertiary/aromatic N) is 1. The summed E-state index contributed by atoms with van der Waals surface area (Å²) in [4.78, 5) is 15.3. The topological polar surface area (TPSA) is 53.0 Å². The Morgan fingerprint density at radius 1 is 1.30 bits per heavy atom. The highest BCUT2D eigenvalue weighted by molar-refractivity contribution is 7.15. The first-order valence-electron chi connectivity index (χ1n) is 5.61. The SMILES string of the molecule is Cc1nc(-c2ccc(C(F)(F)F)cc2)sc1CC(=O)[O-]. The van der Waals surface area contributed by atoms with E-state index in [2.05, 4.69) is 4.98 Å². The molecule has 1 heterocycles. The third-order valence-electron chi connectivity index (χ3n) is 2.66. The van der Waals surface area contributed by atoms with Crippen molar-refractivity contribution in [1.82, 2.24) is 4.98 Å². The molecule has 0 amide bonds. The molecular weight excluding hydrogens is 291 g/mol. The number of carboxylic acids is 1. The predicted molar refractivity (Wildman–Crippen MR) is 66.0 cm³/mol. The average molecular weight is 300 g/mol. The number of rotatable bonds is 3. The highest BCUT2D eigenvalue weighted by Gasteiger charge is 2.30. The summed E-state index contributed by atoms with van der Waals surface area (Å²) in [7, 11) is 0. The zero-order valence-electron chi connectivity index (χ0n) is 10.3. The first-order valence-corrected chi connectivity index (χ1v) is 6.43. The van der Waals surface area contributed by atoms with E-state index in [1.807, 2.05) is 0 Å². The fourth-order valence-electron chi connectivity index (χ4n) is 1.65. The van der Waals surface area contributed by atoms with Crippen molar-refractivity contribution in [1.29, 1.82) is 0 Å². The summed E-state index contributed by atoms with van der Waals surface area (Å²) < 4.78 is 37.3. The Bertz CT molecular complexity index is 632. The number of carbonyl (C=O) groups excluding carboxylic acids is 1. The summed E-state index contributed by atoms with van der Waals surface area (Å²) in [6.45, 7) is 1.66. The Kier molecular flexibility index (Phi) is 3.80. The molecule has 3 nitrogen and oxygen atoms in total. The van der Waals surface area contributed by atoms with Crippen LogP contribution in [-0.4, -0.2) is 11.0 Å². The van der Waals surface area contributed by atoms with Crippen LogP contribution in [0.1, 0.15) is 16.1 Å². The number of alkyl halides is 3. The van der Waals surface area contributed by atoms with Crippen molar-refractivity contribution in [3.63, 3.8) is 0 Å². The number of hydrogen-bond acceptors (Lipinski definition) is 4. The van der Waals surface area contributed by atoms with Crippen molar-refractivity contribution in [2.45, 2.75) is 19.5 Å². The zero-order valence-corrected chi connectivity index (χ0v) is 11.1. The summed E-state index contributed by atoms with van der Waals surface area (Å²) in [5, 5.41) is 11.1. The Morgan fingerprint density at radius 3 is 2.40 bits per heavy atom. The second-order valence-corrected chi connectivity index (χ2v) is 5.24. The minimum atomic E-state index is -4.38. The first kappa shape index (κ1) is 14.5. The third-order valence-corrected chi connectivity index (χ3v) is 3.86. The van der Waals surface area contributed by atoms with Crippen LogP contribution in [0.4, 0.5) is 13.2 Å². The molecule has 0 fully saturated rings. The van der Waals surface area contributed by atoms with Crippen LogP contribution in [0.5, 0.6) is 0 Å². The standard InChI is InChI=1S/C13H10F3NO2S/c1-7-10(6-11(18)19)20-12(17-7)8-2-4-9(5-3-8)13(14,15)16/h2-5H,6H2,1H3,(H,18,19)/p-1. The molecule has 7 heteroatoms. The second-order valence-electron chi connectivity index (χ2n) is 4.15. The molecule has 0 aliphatic carbocycles. The van der Waals surface area contributed by atoms with E-state index in [-0.39, 0.29) is 6.42 Å². The first-order chi connectivity index (χ1) is 9.27. The molecule has 1 aromatic heterocycles. The molecule has 0 atom stereocenters. The van der Waals surface area contributed by atoms with Crippen LogP contribution in [0.2, 0.25) is 0 Å². The van der Waals surface area contributed by atoms with Gasteiger partial charge < -0.3 is 9.90 Å². The molecule has 0 spiro atoms. The molecule has 0 unspecified atom stereocenters. The largest absolute Gasteiger partial charge is 0.550 e. The normalized spacial score (nSPS) is 11.6. The van der Waals surface area contributed by atoms with Gasteiger partial charge in [0.1, 0.15) is 5.01 Å². The van der Waals surface area contributed by atoms with Gasteiger partial charge in [-0.15, -0.1) is 11.3 Å². The number of hydrogen-bond donors (Lipinski definition) is 0. The van der Waals surface area contributed by atoms with Gasteiger partial charge in [-0.05, 0) is 19.1 Å². The van der Waals surface area contributed by atoms with Gasteiger partial charge in [0.05, 0.1) is 11.3 Å². The Morgan fingerprint density at radius 2 is 1.90 bits per heavy atom. The summed E-state index contributed by atoms with van der Waals surface area (Å²) in [6.07, 6.45) is -4.62. The van der Waals surface area contributed by atoms with Crippen LogP contribution >= 0.6 is 11.3 Å². The zero-order chi connectivity index (χ0) is 14.9. The van der Waals surface area contributed by atoms with E-state index in [4.69, 9.17) is 0 Å². The minimum absolute atomic E-state index is 0.246. The molecular formula is C13H9F3NO2S-. The lowest BCUT2D eigenvalue weighted by Crippen LogP contribution is -2.24. The number of carbonyl (C=O) groups is 1. The maximum atomic E-state index is 12.4. The van der Waals surface area contributed by atoms with Gasteiger partial charge in [-0.2, -0.15) is 13.2 Å². The average Bonchev–Trinajstić information content (AvgIpc) is 2.69. The van der Waals surface area contributed by atoms with Gasteiger partial charge in [-0.1, -0.05) is 12.1 Å². The van der Waals surface area contributed by atoms with Gasteiger partial charge in [0.25, 0.3) is 0 Å². The third kappa shape index (κ3) is 3.16. The Hall–Kier alpha value is -1.89. The summed E-state index contributed by atoms with van der Waals surface area (Å²) in [5.74, 6) is -1.21. The van der Waals surface area contributed by atoms with E-state index in [1.54, 1.807) is 6.92 Å². The van der Waals surface area contributed by atoms with Crippen molar-refractivity contribution >= 4 is 17.3 Å². The molecule has 0 aliphatic heterocycles. The Balaban J connectivity index is 2.30. The van der Waals surface area contributed by atoms with E-state index in [0.717, 1.165) is 23.5 Å². The molecule has 0 bridgehead atoms. The van der Waals surface area contributed by atoms with E-state index in [9.17, 15) is 23.1 Å². The number of aliphatic carboxylic acids is 1. The van der Waals surface area contributed by atoms with Gasteiger partial charge in [-0.25, -0.2) is 4.98 Å². The van der Waals surface area contributed by atoms with Gasteiger partial charge in [-0.3, -0.25) is 0 Å². The van der Waals surface area contributed by atoms with Crippen molar-refractivity contribution in [3.05, 3.63) is 40.4 Å². The summed E-state index contributed by atoms with van der Waals surface area (Å²) >= 11 is 1.14. The van der Waals surface area contributed by atoms with E-state index < -0.39 is 17.7 Å². The highest BCUT2D eigenvalue weighted by Crippen LogP contribution is 2.32. The van der Waals surface area contributed by atoms with Crippen LogP contribution in [0.15, 0.2) is 24.3 Å². The van der Waals surface area contributed by atoms with Gasteiger partial charge >= 0.3 is 6.18 Å². The van der Waals surface area contributed by atoms with E-state index in [0.29, 0.717) is 21.1 Å². The smallest absolute Gasteiger partial charge is 0.416 e. The number of aryl methyl sites for hydroxylation is 1. The van der Waals surface area contributed by atoms with Crippen LogP contribution in [0, 0.1) is 6.92 Å². The van der Waals surface area contributed by atoms with Crippen molar-refractivity contribution in [2.75, 3.05) is 0 Å².